The van der Waals surface area contributed by atoms with Crippen molar-refractivity contribution < 1.29 is 23.2 Å². The third-order valence-corrected chi connectivity index (χ3v) is 6.92. The highest BCUT2D eigenvalue weighted by molar-refractivity contribution is 7.99. The van der Waals surface area contributed by atoms with Gasteiger partial charge in [0, 0.05) is 39.0 Å². The summed E-state index contributed by atoms with van der Waals surface area (Å²) >= 11 is 1.70. The molecule has 0 rings (SSSR count). The van der Waals surface area contributed by atoms with Crippen molar-refractivity contribution in [3.05, 3.63) is 0 Å². The number of hydrogen-bond acceptors (Lipinski definition) is 6. The van der Waals surface area contributed by atoms with E-state index in [0.29, 0.717) is 0 Å². The molecule has 0 spiro atoms. The number of thioether (sulfide) groups is 1. The molecule has 6 nitrogen and oxygen atoms in total. The maximum Gasteiger partial charge on any atom is 0.500 e. The molecule has 0 aliphatic heterocycles. The summed E-state index contributed by atoms with van der Waals surface area (Å²) in [7, 11) is 2.36. The third kappa shape index (κ3) is 7.28. The van der Waals surface area contributed by atoms with Gasteiger partial charge in [0.25, 0.3) is 0 Å². The molecule has 114 valence electrons. The summed E-state index contributed by atoms with van der Waals surface area (Å²) in [4.78, 5) is 11.4. The van der Waals surface area contributed by atoms with Crippen LogP contribution in [0.2, 0.25) is 6.04 Å². The van der Waals surface area contributed by atoms with Crippen LogP contribution in [0.15, 0.2) is 0 Å². The van der Waals surface area contributed by atoms with E-state index >= 15 is 0 Å². The minimum absolute atomic E-state index is 0.105. The molecule has 0 saturated carbocycles. The van der Waals surface area contributed by atoms with E-state index in [1.54, 1.807) is 33.1 Å². The summed E-state index contributed by atoms with van der Waals surface area (Å²) in [6.07, 6.45) is 0.917. The summed E-state index contributed by atoms with van der Waals surface area (Å²) < 4.78 is 16.0. The van der Waals surface area contributed by atoms with Gasteiger partial charge in [0.2, 0.25) is 5.91 Å². The number of carbonyl (C=O) groups excluding carboxylic acids is 1. The van der Waals surface area contributed by atoms with Crippen molar-refractivity contribution in [2.75, 3.05) is 39.6 Å². The smallest absolute Gasteiger partial charge is 0.377 e. The number of nitrogens with one attached hydrogen (secondary N) is 1. The topological polar surface area (TPSA) is 77.0 Å². The first kappa shape index (κ1) is 18.9. The van der Waals surface area contributed by atoms with Crippen LogP contribution in [-0.4, -0.2) is 59.4 Å². The minimum Gasteiger partial charge on any atom is -0.377 e. The van der Waals surface area contributed by atoms with Crippen LogP contribution in [0.5, 0.6) is 0 Å². The molecular weight excluding hydrogens is 286 g/mol. The van der Waals surface area contributed by atoms with Crippen LogP contribution in [0.3, 0.4) is 0 Å². The Bertz CT molecular complexity index is 245. The van der Waals surface area contributed by atoms with Gasteiger partial charge in [-0.25, -0.2) is 0 Å². The van der Waals surface area contributed by atoms with Gasteiger partial charge in [-0.2, -0.15) is 11.8 Å². The number of hydrogen-bond donors (Lipinski definition) is 2. The van der Waals surface area contributed by atoms with Crippen LogP contribution in [0.1, 0.15) is 13.3 Å². The highest BCUT2D eigenvalue weighted by atomic mass is 32.2. The Balaban J connectivity index is 3.78. The Morgan fingerprint density at radius 1 is 1.32 bits per heavy atom. The van der Waals surface area contributed by atoms with E-state index in [0.717, 1.165) is 24.0 Å². The van der Waals surface area contributed by atoms with Crippen molar-refractivity contribution in [1.29, 1.82) is 0 Å². The largest absolute Gasteiger partial charge is 0.500 e. The quantitative estimate of drug-likeness (QED) is 0.332. The van der Waals surface area contributed by atoms with Gasteiger partial charge in [0.05, 0.1) is 0 Å². The molecule has 19 heavy (non-hydrogen) atoms. The normalized spacial score (nSPS) is 13.3. The fourth-order valence-electron chi connectivity index (χ4n) is 1.53. The number of aliphatic hydroxyl groups is 1. The van der Waals surface area contributed by atoms with Crippen molar-refractivity contribution >= 4 is 26.5 Å². The van der Waals surface area contributed by atoms with Crippen molar-refractivity contribution in [3.63, 3.8) is 0 Å². The van der Waals surface area contributed by atoms with E-state index in [9.17, 15) is 4.79 Å². The summed E-state index contributed by atoms with van der Waals surface area (Å²) in [5, 5.41) is 11.0. The number of rotatable bonds is 11. The molecule has 8 heteroatoms. The van der Waals surface area contributed by atoms with E-state index in [2.05, 4.69) is 5.32 Å². The van der Waals surface area contributed by atoms with Gasteiger partial charge in [-0.3, -0.25) is 4.79 Å². The second-order valence-electron chi connectivity index (χ2n) is 4.07. The molecule has 1 unspecified atom stereocenters. The number of amides is 1. The molecule has 0 radical (unpaired) electrons. The Morgan fingerprint density at radius 2 is 1.89 bits per heavy atom. The molecule has 0 aromatic heterocycles. The van der Waals surface area contributed by atoms with Crippen LogP contribution in [0.25, 0.3) is 0 Å². The predicted octanol–water partition coefficient (Wildman–Crippen LogP) is 0.690. The molecule has 2 N–H and O–H groups in total. The van der Waals surface area contributed by atoms with E-state index in [1.807, 2.05) is 6.92 Å². The first-order valence-electron chi connectivity index (χ1n) is 6.17. The minimum atomic E-state index is -2.45. The zero-order valence-corrected chi connectivity index (χ0v) is 13.9. The van der Waals surface area contributed by atoms with E-state index in [1.165, 1.54) is 0 Å². The van der Waals surface area contributed by atoms with Crippen molar-refractivity contribution in [2.45, 2.75) is 19.4 Å². The lowest BCUT2D eigenvalue weighted by molar-refractivity contribution is -0.124. The molecule has 1 amide bonds. The molecule has 1 atom stereocenters. The van der Waals surface area contributed by atoms with Gasteiger partial charge in [-0.05, 0) is 12.2 Å². The van der Waals surface area contributed by atoms with E-state index in [4.69, 9.17) is 18.4 Å². The van der Waals surface area contributed by atoms with Gasteiger partial charge in [0.15, 0.2) is 0 Å². The Labute approximate surface area is 120 Å². The van der Waals surface area contributed by atoms with Crippen LogP contribution < -0.4 is 5.32 Å². The maximum absolute atomic E-state index is 11.4. The van der Waals surface area contributed by atoms with Crippen LogP contribution in [0.4, 0.5) is 0 Å². The van der Waals surface area contributed by atoms with Gasteiger partial charge < -0.3 is 23.7 Å². The number of carbonyl (C=O) groups is 1. The molecule has 0 aromatic rings. The van der Waals surface area contributed by atoms with Gasteiger partial charge in [-0.1, -0.05) is 6.92 Å². The number of aliphatic hydroxyl groups excluding tert-OH is 1. The molecule has 0 aromatic carbocycles. The zero-order valence-electron chi connectivity index (χ0n) is 12.1. The Kier molecular flexibility index (Phi) is 10.6. The van der Waals surface area contributed by atoms with Crippen molar-refractivity contribution in [3.8, 4) is 0 Å². The van der Waals surface area contributed by atoms with E-state index < -0.39 is 8.80 Å². The average Bonchev–Trinajstić information content (AvgIpc) is 2.43. The molecular formula is C11H25NO5SSi. The molecule has 0 heterocycles. The fraction of sp³-hybridized carbons (Fsp3) is 0.909. The first-order valence-corrected chi connectivity index (χ1v) is 9.25. The molecule has 0 fully saturated rings. The lowest BCUT2D eigenvalue weighted by Gasteiger charge is -2.24. The van der Waals surface area contributed by atoms with Crippen LogP contribution >= 0.6 is 11.8 Å². The second kappa shape index (κ2) is 10.6. The SMILES string of the molecule is CO[Si](CCCSCC(C)C(=O)NCO)(OC)OC. The Hall–Kier alpha value is -0.123. The zero-order chi connectivity index (χ0) is 14.7. The van der Waals surface area contributed by atoms with Gasteiger partial charge in [0.1, 0.15) is 6.73 Å². The standard InChI is InChI=1S/C11H25NO5SSi/c1-10(11(14)12-9-13)8-18-6-5-7-19(15-2,16-3)17-4/h10,13H,5-9H2,1-4H3,(H,12,14). The fourth-order valence-corrected chi connectivity index (χ4v) is 4.53. The van der Waals surface area contributed by atoms with Crippen molar-refractivity contribution in [2.24, 2.45) is 5.92 Å². The maximum atomic E-state index is 11.4. The lowest BCUT2D eigenvalue weighted by Crippen LogP contribution is -2.42. The van der Waals surface area contributed by atoms with Crippen LogP contribution in [0, 0.1) is 5.92 Å². The monoisotopic (exact) mass is 311 g/mol. The summed E-state index contributed by atoms with van der Waals surface area (Å²) in [6.45, 7) is 1.54. The first-order chi connectivity index (χ1) is 9.05. The molecule has 0 aliphatic carbocycles. The Morgan fingerprint density at radius 3 is 2.37 bits per heavy atom. The summed E-state index contributed by atoms with van der Waals surface area (Å²) in [5.74, 6) is 1.42. The molecule has 0 aliphatic rings. The highest BCUT2D eigenvalue weighted by Crippen LogP contribution is 2.18. The highest BCUT2D eigenvalue weighted by Gasteiger charge is 2.36. The van der Waals surface area contributed by atoms with Crippen LogP contribution in [-0.2, 0) is 18.1 Å². The second-order valence-corrected chi connectivity index (χ2v) is 8.31. The van der Waals surface area contributed by atoms with E-state index in [-0.39, 0.29) is 18.6 Å². The summed E-state index contributed by atoms with van der Waals surface area (Å²) in [5.41, 5.74) is 0. The van der Waals surface area contributed by atoms with Gasteiger partial charge in [-0.15, -0.1) is 0 Å². The average molecular weight is 311 g/mol. The molecule has 0 saturated heterocycles. The summed E-state index contributed by atoms with van der Waals surface area (Å²) in [6, 6.07) is 0.765. The lowest BCUT2D eigenvalue weighted by atomic mass is 10.2. The predicted molar refractivity (Wildman–Crippen MR) is 77.9 cm³/mol. The third-order valence-electron chi connectivity index (χ3n) is 2.77. The van der Waals surface area contributed by atoms with Gasteiger partial charge >= 0.3 is 8.80 Å². The van der Waals surface area contributed by atoms with Crippen molar-refractivity contribution in [1.82, 2.24) is 5.32 Å². The molecule has 0 bridgehead atoms.